The van der Waals surface area contributed by atoms with Gasteiger partial charge in [0.1, 0.15) is 27.2 Å². The number of aromatic nitrogens is 4. The molecule has 0 bridgehead atoms. The minimum absolute atomic E-state index is 0.221. The van der Waals surface area contributed by atoms with Gasteiger partial charge in [-0.3, -0.25) is 4.79 Å². The SMILES string of the molecule is Cc1nc(-c2nnn(-c3ccc(F)cc3)c2C)sc1C(=O)NCc1ccco1. The van der Waals surface area contributed by atoms with Crippen molar-refractivity contribution < 1.29 is 13.6 Å². The van der Waals surface area contributed by atoms with Crippen LogP contribution in [0.2, 0.25) is 0 Å². The van der Waals surface area contributed by atoms with Crippen molar-refractivity contribution in [3.63, 3.8) is 0 Å². The smallest absolute Gasteiger partial charge is 0.263 e. The van der Waals surface area contributed by atoms with Gasteiger partial charge in [0.15, 0.2) is 0 Å². The van der Waals surface area contributed by atoms with Gasteiger partial charge in [-0.1, -0.05) is 5.21 Å². The van der Waals surface area contributed by atoms with E-state index in [1.54, 1.807) is 42.1 Å². The molecule has 0 saturated carbocycles. The molecule has 3 aromatic heterocycles. The molecule has 0 aliphatic rings. The zero-order valence-electron chi connectivity index (χ0n) is 15.1. The van der Waals surface area contributed by atoms with E-state index in [9.17, 15) is 9.18 Å². The second-order valence-corrected chi connectivity index (χ2v) is 7.11. The van der Waals surface area contributed by atoms with Crippen LogP contribution in [-0.2, 0) is 6.54 Å². The third kappa shape index (κ3) is 3.44. The van der Waals surface area contributed by atoms with Gasteiger partial charge in [-0.05, 0) is 50.2 Å². The molecule has 3 heterocycles. The molecule has 0 unspecified atom stereocenters. The van der Waals surface area contributed by atoms with Crippen molar-refractivity contribution in [2.24, 2.45) is 0 Å². The Balaban J connectivity index is 1.58. The number of furan rings is 1. The van der Waals surface area contributed by atoms with E-state index in [1.165, 1.54) is 23.5 Å². The van der Waals surface area contributed by atoms with Gasteiger partial charge in [0, 0.05) is 0 Å². The Bertz CT molecular complexity index is 1120. The lowest BCUT2D eigenvalue weighted by atomic mass is 10.3. The minimum atomic E-state index is -0.317. The normalized spacial score (nSPS) is 11.0. The van der Waals surface area contributed by atoms with Gasteiger partial charge >= 0.3 is 0 Å². The Labute approximate surface area is 163 Å². The van der Waals surface area contributed by atoms with Crippen molar-refractivity contribution in [1.82, 2.24) is 25.3 Å². The molecule has 1 amide bonds. The number of carbonyl (C=O) groups is 1. The molecule has 7 nitrogen and oxygen atoms in total. The quantitative estimate of drug-likeness (QED) is 0.555. The predicted molar refractivity (Wildman–Crippen MR) is 102 cm³/mol. The number of rotatable bonds is 5. The van der Waals surface area contributed by atoms with Crippen LogP contribution in [0.3, 0.4) is 0 Å². The van der Waals surface area contributed by atoms with E-state index < -0.39 is 0 Å². The average Bonchev–Trinajstić information content (AvgIpc) is 3.41. The first kappa shape index (κ1) is 18.1. The highest BCUT2D eigenvalue weighted by Gasteiger charge is 2.20. The Morgan fingerprint density at radius 3 is 2.75 bits per heavy atom. The van der Waals surface area contributed by atoms with Crippen LogP contribution < -0.4 is 5.32 Å². The van der Waals surface area contributed by atoms with Crippen LogP contribution in [-0.4, -0.2) is 25.9 Å². The Kier molecular flexibility index (Phi) is 4.74. The van der Waals surface area contributed by atoms with E-state index in [0.717, 1.165) is 5.69 Å². The van der Waals surface area contributed by atoms with Crippen LogP contribution in [0.25, 0.3) is 16.4 Å². The molecule has 0 atom stereocenters. The van der Waals surface area contributed by atoms with Crippen LogP contribution in [0.4, 0.5) is 4.39 Å². The zero-order valence-corrected chi connectivity index (χ0v) is 16.0. The summed E-state index contributed by atoms with van der Waals surface area (Å²) in [5.41, 5.74) is 2.65. The standard InChI is InChI=1S/C19H16FN5O2S/c1-11-17(18(26)21-10-15-4-3-9-27-15)28-19(22-11)16-12(2)25(24-23-16)14-7-5-13(20)6-8-14/h3-9H,10H2,1-2H3,(H,21,26). The highest BCUT2D eigenvalue weighted by atomic mass is 32.1. The number of amides is 1. The molecular formula is C19H16FN5O2S. The first-order valence-electron chi connectivity index (χ1n) is 8.49. The molecule has 0 fully saturated rings. The van der Waals surface area contributed by atoms with E-state index in [1.807, 2.05) is 6.92 Å². The highest BCUT2D eigenvalue weighted by molar-refractivity contribution is 7.17. The second-order valence-electron chi connectivity index (χ2n) is 6.11. The van der Waals surface area contributed by atoms with E-state index in [-0.39, 0.29) is 11.7 Å². The van der Waals surface area contributed by atoms with Crippen LogP contribution in [0.1, 0.15) is 26.8 Å². The number of thiazole rings is 1. The monoisotopic (exact) mass is 397 g/mol. The summed E-state index contributed by atoms with van der Waals surface area (Å²) in [6.45, 7) is 3.94. The fraction of sp³-hybridized carbons (Fsp3) is 0.158. The van der Waals surface area contributed by atoms with Gasteiger partial charge in [0.2, 0.25) is 0 Å². The maximum absolute atomic E-state index is 13.2. The predicted octanol–water partition coefficient (Wildman–Crippen LogP) is 3.67. The maximum atomic E-state index is 13.2. The van der Waals surface area contributed by atoms with Crippen LogP contribution in [0.15, 0.2) is 47.1 Å². The van der Waals surface area contributed by atoms with E-state index >= 15 is 0 Å². The molecule has 9 heteroatoms. The first-order chi connectivity index (χ1) is 13.5. The van der Waals surface area contributed by atoms with Gasteiger partial charge in [-0.2, -0.15) is 0 Å². The number of nitrogens with zero attached hydrogens (tertiary/aromatic N) is 4. The molecule has 0 aliphatic heterocycles. The number of aryl methyl sites for hydroxylation is 1. The molecule has 0 radical (unpaired) electrons. The van der Waals surface area contributed by atoms with Crippen molar-refractivity contribution in [2.75, 3.05) is 0 Å². The average molecular weight is 397 g/mol. The zero-order chi connectivity index (χ0) is 19.7. The van der Waals surface area contributed by atoms with Crippen molar-refractivity contribution in [2.45, 2.75) is 20.4 Å². The summed E-state index contributed by atoms with van der Waals surface area (Å²) < 4.78 is 20.0. The van der Waals surface area contributed by atoms with Gasteiger partial charge in [0.05, 0.1) is 29.9 Å². The topological polar surface area (TPSA) is 85.8 Å². The molecule has 4 aromatic rings. The molecule has 0 spiro atoms. The van der Waals surface area contributed by atoms with Gasteiger partial charge in [-0.15, -0.1) is 16.4 Å². The number of halogens is 1. The van der Waals surface area contributed by atoms with E-state index in [2.05, 4.69) is 20.6 Å². The third-order valence-corrected chi connectivity index (χ3v) is 5.34. The summed E-state index contributed by atoms with van der Waals surface area (Å²) >= 11 is 1.25. The molecule has 28 heavy (non-hydrogen) atoms. The van der Waals surface area contributed by atoms with E-state index in [0.29, 0.717) is 39.3 Å². The number of carbonyl (C=O) groups excluding carboxylic acids is 1. The molecule has 1 N–H and O–H groups in total. The highest BCUT2D eigenvalue weighted by Crippen LogP contribution is 2.29. The fourth-order valence-corrected chi connectivity index (χ4v) is 3.74. The lowest BCUT2D eigenvalue weighted by Crippen LogP contribution is -2.22. The maximum Gasteiger partial charge on any atom is 0.263 e. The third-order valence-electron chi connectivity index (χ3n) is 4.17. The number of nitrogens with one attached hydrogen (secondary N) is 1. The number of benzene rings is 1. The largest absolute Gasteiger partial charge is 0.467 e. The summed E-state index contributed by atoms with van der Waals surface area (Å²) in [5.74, 6) is 0.137. The Morgan fingerprint density at radius 2 is 2.04 bits per heavy atom. The summed E-state index contributed by atoms with van der Waals surface area (Å²) in [6, 6.07) is 9.55. The van der Waals surface area contributed by atoms with Crippen molar-refractivity contribution in [1.29, 1.82) is 0 Å². The number of hydrogen-bond acceptors (Lipinski definition) is 6. The Hall–Kier alpha value is -3.33. The van der Waals surface area contributed by atoms with Gasteiger partial charge < -0.3 is 9.73 Å². The summed E-state index contributed by atoms with van der Waals surface area (Å²) in [6.07, 6.45) is 1.56. The molecule has 4 rings (SSSR count). The second kappa shape index (κ2) is 7.35. The molecule has 0 aliphatic carbocycles. The van der Waals surface area contributed by atoms with Gasteiger partial charge in [0.25, 0.3) is 5.91 Å². The fourth-order valence-electron chi connectivity index (χ4n) is 2.72. The van der Waals surface area contributed by atoms with Crippen molar-refractivity contribution in [3.05, 3.63) is 70.5 Å². The van der Waals surface area contributed by atoms with Crippen molar-refractivity contribution >= 4 is 17.2 Å². The molecule has 1 aromatic carbocycles. The van der Waals surface area contributed by atoms with Crippen LogP contribution in [0.5, 0.6) is 0 Å². The van der Waals surface area contributed by atoms with Gasteiger partial charge in [-0.25, -0.2) is 14.1 Å². The molecular weight excluding hydrogens is 381 g/mol. The minimum Gasteiger partial charge on any atom is -0.467 e. The van der Waals surface area contributed by atoms with Crippen LogP contribution in [0, 0.1) is 19.7 Å². The lowest BCUT2D eigenvalue weighted by molar-refractivity contribution is 0.0951. The van der Waals surface area contributed by atoms with Crippen LogP contribution >= 0.6 is 11.3 Å². The number of hydrogen-bond donors (Lipinski definition) is 1. The van der Waals surface area contributed by atoms with E-state index in [4.69, 9.17) is 4.42 Å². The van der Waals surface area contributed by atoms with Crippen molar-refractivity contribution in [3.8, 4) is 16.4 Å². The molecule has 142 valence electrons. The summed E-state index contributed by atoms with van der Waals surface area (Å²) in [4.78, 5) is 17.5. The lowest BCUT2D eigenvalue weighted by Gasteiger charge is -2.02. The summed E-state index contributed by atoms with van der Waals surface area (Å²) in [5, 5.41) is 11.8. The molecule has 0 saturated heterocycles. The summed E-state index contributed by atoms with van der Waals surface area (Å²) in [7, 11) is 0. The Morgan fingerprint density at radius 1 is 1.25 bits per heavy atom. The first-order valence-corrected chi connectivity index (χ1v) is 9.31.